The smallest absolute Gasteiger partial charge is 0.303 e. The molecule has 4 fully saturated rings. The topological polar surface area (TPSA) is 77.8 Å². The summed E-state index contributed by atoms with van der Waals surface area (Å²) in [6, 6.07) is 0. The molecule has 4 aliphatic rings. The van der Waals surface area contributed by atoms with Crippen molar-refractivity contribution in [2.45, 2.75) is 104 Å². The number of hydrogen-bond donors (Lipinski definition) is 3. The number of aliphatic carboxylic acids is 1. The molecule has 0 saturated heterocycles. The Morgan fingerprint density at radius 1 is 1.07 bits per heavy atom. The summed E-state index contributed by atoms with van der Waals surface area (Å²) in [4.78, 5) is 11.4. The minimum atomic E-state index is -2.19. The summed E-state index contributed by atoms with van der Waals surface area (Å²) >= 11 is 0. The van der Waals surface area contributed by atoms with Crippen molar-refractivity contribution in [3.8, 4) is 0 Å². The minimum absolute atomic E-state index is 0.00326. The van der Waals surface area contributed by atoms with E-state index in [4.69, 9.17) is 2.74 Å². The van der Waals surface area contributed by atoms with E-state index in [1.54, 1.807) is 0 Å². The van der Waals surface area contributed by atoms with Gasteiger partial charge in [0.1, 0.15) is 0 Å². The molecule has 4 aliphatic carbocycles. The van der Waals surface area contributed by atoms with Gasteiger partial charge in [-0.15, -0.1) is 0 Å². The van der Waals surface area contributed by atoms with Crippen LogP contribution in [0.4, 0.5) is 0 Å². The van der Waals surface area contributed by atoms with Crippen molar-refractivity contribution in [1.82, 2.24) is 0 Å². The van der Waals surface area contributed by atoms with E-state index in [-0.39, 0.29) is 47.2 Å². The zero-order valence-corrected chi connectivity index (χ0v) is 19.3. The van der Waals surface area contributed by atoms with Crippen molar-refractivity contribution in [2.75, 3.05) is 0 Å². The normalized spacial score (nSPS) is 53.0. The molecule has 0 aromatic heterocycles. The third-order valence-electron chi connectivity index (χ3n) is 10.7. The van der Waals surface area contributed by atoms with Crippen LogP contribution in [0.25, 0.3) is 0 Å². The van der Waals surface area contributed by atoms with Crippen molar-refractivity contribution >= 4 is 5.97 Å². The Bertz CT molecular complexity index is 729. The van der Waals surface area contributed by atoms with Gasteiger partial charge in [-0.2, -0.15) is 0 Å². The summed E-state index contributed by atoms with van der Waals surface area (Å²) in [6.07, 6.45) is 5.21. The highest BCUT2D eigenvalue weighted by Gasteiger charge is 2.64. The number of carbonyl (C=O) groups is 1. The molecular weight excluding hydrogens is 376 g/mol. The maximum atomic E-state index is 11.7. The van der Waals surface area contributed by atoms with Crippen molar-refractivity contribution < 1.29 is 22.9 Å². The maximum absolute atomic E-state index is 11.7. The fourth-order valence-corrected chi connectivity index (χ4v) is 9.32. The number of fused-ring (bicyclic) bond motifs is 5. The molecule has 0 bridgehead atoms. The van der Waals surface area contributed by atoms with E-state index < -0.39 is 12.3 Å². The van der Waals surface area contributed by atoms with E-state index in [0.717, 1.165) is 51.4 Å². The van der Waals surface area contributed by atoms with Gasteiger partial charge in [-0.3, -0.25) is 4.79 Å². The van der Waals surface area contributed by atoms with Crippen LogP contribution in [0.3, 0.4) is 0 Å². The van der Waals surface area contributed by atoms with E-state index in [1.807, 2.05) is 6.92 Å². The summed E-state index contributed by atoms with van der Waals surface area (Å²) in [7, 11) is 0. The maximum Gasteiger partial charge on any atom is 0.303 e. The monoisotopic (exact) mass is 422 g/mol. The SMILES string of the molecule is [2H]C([2H])(C[C@@H](C)[C@H]1CC[C@H]2[C@@H]3[C@H](O)[C@H](CC)[C@@H]4C[C@H](O)CC[C@]4(C)[C@H]3CC[C@]12C)C(=O)O. The lowest BCUT2D eigenvalue weighted by Crippen LogP contribution is -2.62. The first kappa shape index (κ1) is 20.0. The van der Waals surface area contributed by atoms with E-state index in [9.17, 15) is 20.1 Å². The second-order valence-corrected chi connectivity index (χ2v) is 11.8. The molecule has 30 heavy (non-hydrogen) atoms. The van der Waals surface area contributed by atoms with Crippen LogP contribution in [0.2, 0.25) is 0 Å². The van der Waals surface area contributed by atoms with Crippen LogP contribution in [0.5, 0.6) is 0 Å². The van der Waals surface area contributed by atoms with Crippen LogP contribution < -0.4 is 0 Å². The first-order valence-corrected chi connectivity index (χ1v) is 12.5. The van der Waals surface area contributed by atoms with Crippen LogP contribution in [0, 0.1) is 52.3 Å². The molecule has 0 aliphatic heterocycles. The molecule has 0 unspecified atom stereocenters. The fourth-order valence-electron chi connectivity index (χ4n) is 9.32. The molecule has 4 saturated carbocycles. The minimum Gasteiger partial charge on any atom is -0.481 e. The molecule has 3 N–H and O–H groups in total. The Morgan fingerprint density at radius 3 is 2.40 bits per heavy atom. The molecule has 4 rings (SSSR count). The van der Waals surface area contributed by atoms with Gasteiger partial charge in [0.05, 0.1) is 12.2 Å². The van der Waals surface area contributed by atoms with E-state index >= 15 is 0 Å². The van der Waals surface area contributed by atoms with Crippen LogP contribution in [0.1, 0.15) is 94.6 Å². The number of carboxylic acids is 1. The average molecular weight is 423 g/mol. The predicted molar refractivity (Wildman–Crippen MR) is 118 cm³/mol. The van der Waals surface area contributed by atoms with Crippen molar-refractivity contribution in [1.29, 1.82) is 0 Å². The van der Waals surface area contributed by atoms with Crippen LogP contribution in [0.15, 0.2) is 0 Å². The molecule has 0 spiro atoms. The molecule has 4 nitrogen and oxygen atoms in total. The van der Waals surface area contributed by atoms with Gasteiger partial charge in [-0.1, -0.05) is 34.1 Å². The zero-order chi connectivity index (χ0) is 23.6. The molecule has 0 heterocycles. The molecule has 0 amide bonds. The van der Waals surface area contributed by atoms with Gasteiger partial charge < -0.3 is 15.3 Å². The standard InChI is InChI=1S/C26H44O4/c1-5-17-21-14-16(27)10-12-26(21,4)20-11-13-25(3)18(15(2)6-9-22(28)29)7-8-19(25)23(20)24(17)30/h15-21,23-24,27,30H,5-14H2,1-4H3,(H,28,29)/t15-,16-,17-,18-,19+,20+,21+,23+,24-,25-,26-/m1/s1/i9D2. The lowest BCUT2D eigenvalue weighted by atomic mass is 9.41. The highest BCUT2D eigenvalue weighted by molar-refractivity contribution is 5.66. The molecular formula is C26H44O4. The van der Waals surface area contributed by atoms with Gasteiger partial charge in [-0.05, 0) is 104 Å². The quantitative estimate of drug-likeness (QED) is 0.575. The summed E-state index contributed by atoms with van der Waals surface area (Å²) in [5, 5.41) is 31.5. The zero-order valence-electron chi connectivity index (χ0n) is 21.3. The van der Waals surface area contributed by atoms with E-state index in [2.05, 4.69) is 20.8 Å². The third kappa shape index (κ3) is 3.36. The Balaban J connectivity index is 1.62. The predicted octanol–water partition coefficient (Wildman–Crippen LogP) is 5.11. The van der Waals surface area contributed by atoms with Gasteiger partial charge in [0.25, 0.3) is 0 Å². The molecule has 0 radical (unpaired) electrons. The second-order valence-electron chi connectivity index (χ2n) is 11.8. The fraction of sp³-hybridized carbons (Fsp3) is 0.962. The molecule has 0 aromatic carbocycles. The number of hydrogen-bond acceptors (Lipinski definition) is 3. The summed E-state index contributed by atoms with van der Waals surface area (Å²) in [6.45, 7) is 9.02. The van der Waals surface area contributed by atoms with Gasteiger partial charge >= 0.3 is 5.97 Å². The number of aliphatic hydroxyl groups is 2. The number of carboxylic acid groups (broad SMARTS) is 1. The molecule has 11 atom stereocenters. The van der Waals surface area contributed by atoms with Crippen LogP contribution >= 0.6 is 0 Å². The first-order valence-electron chi connectivity index (χ1n) is 13.5. The highest BCUT2D eigenvalue weighted by Crippen LogP contribution is 2.69. The number of aliphatic hydroxyl groups excluding tert-OH is 2. The van der Waals surface area contributed by atoms with Crippen LogP contribution in [-0.4, -0.2) is 33.5 Å². The Kier molecular flexibility index (Phi) is 5.38. The lowest BCUT2D eigenvalue weighted by molar-refractivity contribution is -0.203. The molecule has 4 heteroatoms. The van der Waals surface area contributed by atoms with E-state index in [0.29, 0.717) is 23.7 Å². The van der Waals surface area contributed by atoms with Gasteiger partial charge in [-0.25, -0.2) is 0 Å². The molecule has 172 valence electrons. The highest BCUT2D eigenvalue weighted by atomic mass is 16.4. The first-order chi connectivity index (χ1) is 14.9. The van der Waals surface area contributed by atoms with Crippen molar-refractivity contribution in [3.05, 3.63) is 0 Å². The number of rotatable bonds is 5. The second kappa shape index (κ2) is 8.06. The van der Waals surface area contributed by atoms with Crippen molar-refractivity contribution in [2.24, 2.45) is 52.3 Å². The summed E-state index contributed by atoms with van der Waals surface area (Å²) < 4.78 is 15.9. The van der Waals surface area contributed by atoms with Crippen molar-refractivity contribution in [3.63, 3.8) is 0 Å². The third-order valence-corrected chi connectivity index (χ3v) is 10.7. The Hall–Kier alpha value is -0.610. The lowest BCUT2D eigenvalue weighted by Gasteiger charge is -2.64. The van der Waals surface area contributed by atoms with Gasteiger partial charge in [0.2, 0.25) is 0 Å². The Morgan fingerprint density at radius 2 is 1.73 bits per heavy atom. The van der Waals surface area contributed by atoms with E-state index in [1.165, 1.54) is 0 Å². The van der Waals surface area contributed by atoms with Gasteiger partial charge in [0.15, 0.2) is 0 Å². The largest absolute Gasteiger partial charge is 0.481 e. The van der Waals surface area contributed by atoms with Gasteiger partial charge in [0, 0.05) is 9.11 Å². The van der Waals surface area contributed by atoms with Crippen LogP contribution in [-0.2, 0) is 4.79 Å². The molecule has 0 aromatic rings. The summed E-state index contributed by atoms with van der Waals surface area (Å²) in [5.74, 6) is 0.723. The summed E-state index contributed by atoms with van der Waals surface area (Å²) in [5.41, 5.74) is 0.210. The Labute approximate surface area is 185 Å². The average Bonchev–Trinajstić information content (AvgIpc) is 3.06.